The van der Waals surface area contributed by atoms with Gasteiger partial charge in [0.05, 0.1) is 27.2 Å². The standard InChI is InChI=1S/C9H16N2O5/c1-11(5-4-8(13)15-2)6-7(12)10-9(14)16-3/h4-6H2,1-3H3,(H,10,12,14). The molecule has 7 nitrogen and oxygen atoms in total. The van der Waals surface area contributed by atoms with Crippen LogP contribution in [0.15, 0.2) is 0 Å². The third-order valence-electron chi connectivity index (χ3n) is 1.77. The topological polar surface area (TPSA) is 84.9 Å². The molecule has 0 saturated heterocycles. The Morgan fingerprint density at radius 3 is 2.31 bits per heavy atom. The molecule has 92 valence electrons. The van der Waals surface area contributed by atoms with Crippen molar-refractivity contribution in [1.82, 2.24) is 10.2 Å². The van der Waals surface area contributed by atoms with Crippen molar-refractivity contribution in [3.05, 3.63) is 0 Å². The molecule has 1 N–H and O–H groups in total. The summed E-state index contributed by atoms with van der Waals surface area (Å²) in [4.78, 5) is 34.2. The average Bonchev–Trinajstić information content (AvgIpc) is 2.25. The molecule has 0 radical (unpaired) electrons. The van der Waals surface area contributed by atoms with E-state index in [-0.39, 0.29) is 18.9 Å². The number of rotatable bonds is 5. The van der Waals surface area contributed by atoms with Crippen LogP contribution in [0.2, 0.25) is 0 Å². The Bertz CT molecular complexity index is 267. The van der Waals surface area contributed by atoms with Gasteiger partial charge in [-0.25, -0.2) is 4.79 Å². The molecule has 16 heavy (non-hydrogen) atoms. The van der Waals surface area contributed by atoms with Crippen LogP contribution in [0.25, 0.3) is 0 Å². The molecule has 0 aromatic carbocycles. The first-order valence-electron chi connectivity index (χ1n) is 4.62. The van der Waals surface area contributed by atoms with Crippen LogP contribution in [0.3, 0.4) is 0 Å². The van der Waals surface area contributed by atoms with E-state index in [0.717, 1.165) is 0 Å². The van der Waals surface area contributed by atoms with E-state index in [0.29, 0.717) is 6.54 Å². The van der Waals surface area contributed by atoms with Gasteiger partial charge in [0, 0.05) is 6.54 Å². The first kappa shape index (κ1) is 14.4. The fraction of sp³-hybridized carbons (Fsp3) is 0.667. The lowest BCUT2D eigenvalue weighted by Gasteiger charge is -2.14. The van der Waals surface area contributed by atoms with Gasteiger partial charge in [-0.1, -0.05) is 0 Å². The maximum atomic E-state index is 11.2. The van der Waals surface area contributed by atoms with Crippen LogP contribution in [0, 0.1) is 0 Å². The van der Waals surface area contributed by atoms with Gasteiger partial charge in [-0.15, -0.1) is 0 Å². The normalized spacial score (nSPS) is 9.75. The predicted octanol–water partition coefficient (Wildman–Crippen LogP) is -0.636. The summed E-state index contributed by atoms with van der Waals surface area (Å²) in [5, 5.41) is 2.00. The van der Waals surface area contributed by atoms with Gasteiger partial charge in [0.25, 0.3) is 0 Å². The molecule has 0 fully saturated rings. The van der Waals surface area contributed by atoms with Crippen molar-refractivity contribution < 1.29 is 23.9 Å². The number of esters is 1. The number of imide groups is 1. The fourth-order valence-corrected chi connectivity index (χ4v) is 0.913. The van der Waals surface area contributed by atoms with Crippen molar-refractivity contribution in [3.8, 4) is 0 Å². The maximum Gasteiger partial charge on any atom is 0.413 e. The molecule has 0 rings (SSSR count). The first-order chi connectivity index (χ1) is 7.49. The highest BCUT2D eigenvalue weighted by Gasteiger charge is 2.11. The molecular formula is C9H16N2O5. The van der Waals surface area contributed by atoms with Gasteiger partial charge >= 0.3 is 12.1 Å². The zero-order chi connectivity index (χ0) is 12.6. The number of carbonyl (C=O) groups excluding carboxylic acids is 3. The molecule has 2 amide bonds. The van der Waals surface area contributed by atoms with E-state index in [1.165, 1.54) is 14.2 Å². The Morgan fingerprint density at radius 2 is 1.81 bits per heavy atom. The molecule has 0 aliphatic rings. The Labute approximate surface area is 93.7 Å². The molecular weight excluding hydrogens is 216 g/mol. The average molecular weight is 232 g/mol. The van der Waals surface area contributed by atoms with Crippen LogP contribution in [0.5, 0.6) is 0 Å². The van der Waals surface area contributed by atoms with Gasteiger partial charge in [-0.2, -0.15) is 0 Å². The number of methoxy groups -OCH3 is 2. The predicted molar refractivity (Wildman–Crippen MR) is 54.7 cm³/mol. The molecule has 0 heterocycles. The molecule has 0 aliphatic carbocycles. The number of carbonyl (C=O) groups is 3. The fourth-order valence-electron chi connectivity index (χ4n) is 0.913. The van der Waals surface area contributed by atoms with Gasteiger partial charge < -0.3 is 9.47 Å². The zero-order valence-corrected chi connectivity index (χ0v) is 9.61. The number of ether oxygens (including phenoxy) is 2. The summed E-state index contributed by atoms with van der Waals surface area (Å²) in [5.74, 6) is -0.834. The number of likely N-dealkylation sites (N-methyl/N-ethyl adjacent to an activating group) is 1. The number of amides is 2. The third-order valence-corrected chi connectivity index (χ3v) is 1.77. The molecule has 0 unspecified atom stereocenters. The van der Waals surface area contributed by atoms with Crippen LogP contribution >= 0.6 is 0 Å². The number of hydrogen-bond acceptors (Lipinski definition) is 6. The number of alkyl carbamates (subject to hydrolysis) is 1. The Balaban J connectivity index is 3.78. The zero-order valence-electron chi connectivity index (χ0n) is 9.61. The van der Waals surface area contributed by atoms with E-state index in [4.69, 9.17) is 0 Å². The third kappa shape index (κ3) is 6.77. The van der Waals surface area contributed by atoms with Gasteiger partial charge in [0.2, 0.25) is 5.91 Å². The molecule has 0 aromatic heterocycles. The first-order valence-corrected chi connectivity index (χ1v) is 4.62. The number of nitrogens with one attached hydrogen (secondary N) is 1. The molecule has 0 atom stereocenters. The SMILES string of the molecule is COC(=O)CCN(C)CC(=O)NC(=O)OC. The van der Waals surface area contributed by atoms with Crippen LogP contribution in [0.1, 0.15) is 6.42 Å². The Hall–Kier alpha value is -1.63. The van der Waals surface area contributed by atoms with Gasteiger partial charge in [0.15, 0.2) is 0 Å². The van der Waals surface area contributed by atoms with Crippen molar-refractivity contribution in [2.75, 3.05) is 34.4 Å². The van der Waals surface area contributed by atoms with Crippen LogP contribution in [0.4, 0.5) is 4.79 Å². The van der Waals surface area contributed by atoms with Crippen LogP contribution in [-0.4, -0.2) is 57.2 Å². The van der Waals surface area contributed by atoms with E-state index in [1.54, 1.807) is 11.9 Å². The summed E-state index contributed by atoms with van der Waals surface area (Å²) in [6, 6.07) is 0. The van der Waals surface area contributed by atoms with Crippen molar-refractivity contribution >= 4 is 18.0 Å². The second-order valence-corrected chi connectivity index (χ2v) is 3.10. The summed E-state index contributed by atoms with van der Waals surface area (Å²) < 4.78 is 8.70. The summed E-state index contributed by atoms with van der Waals surface area (Å²) in [6.07, 6.45) is -0.607. The monoisotopic (exact) mass is 232 g/mol. The minimum absolute atomic E-state index is 0.00605. The highest BCUT2D eigenvalue weighted by Crippen LogP contribution is 1.89. The summed E-state index contributed by atoms with van der Waals surface area (Å²) in [7, 11) is 4.12. The second kappa shape index (κ2) is 7.63. The van der Waals surface area contributed by atoms with Crippen LogP contribution in [-0.2, 0) is 19.1 Å². The highest BCUT2D eigenvalue weighted by atomic mass is 16.5. The van der Waals surface area contributed by atoms with E-state index < -0.39 is 12.0 Å². The summed E-state index contributed by atoms with van der Waals surface area (Å²) in [6.45, 7) is 0.382. The molecule has 0 bridgehead atoms. The molecule has 0 aliphatic heterocycles. The molecule has 0 aromatic rings. The second-order valence-electron chi connectivity index (χ2n) is 3.10. The number of hydrogen-bond donors (Lipinski definition) is 1. The lowest BCUT2D eigenvalue weighted by atomic mass is 10.4. The maximum absolute atomic E-state index is 11.2. The quantitative estimate of drug-likeness (QED) is 0.635. The molecule has 7 heteroatoms. The lowest BCUT2D eigenvalue weighted by molar-refractivity contribution is -0.141. The number of nitrogens with zero attached hydrogens (tertiary/aromatic N) is 1. The minimum Gasteiger partial charge on any atom is -0.469 e. The largest absolute Gasteiger partial charge is 0.469 e. The summed E-state index contributed by atoms with van der Waals surface area (Å²) >= 11 is 0. The summed E-state index contributed by atoms with van der Waals surface area (Å²) in [5.41, 5.74) is 0. The van der Waals surface area contributed by atoms with Gasteiger partial charge in [-0.05, 0) is 7.05 Å². The molecule has 0 saturated carbocycles. The molecule has 0 spiro atoms. The van der Waals surface area contributed by atoms with Crippen molar-refractivity contribution in [2.24, 2.45) is 0 Å². The smallest absolute Gasteiger partial charge is 0.413 e. The Kier molecular flexibility index (Phi) is 6.86. The minimum atomic E-state index is -0.800. The van der Waals surface area contributed by atoms with Gasteiger partial charge in [0.1, 0.15) is 0 Å². The van der Waals surface area contributed by atoms with Crippen molar-refractivity contribution in [1.29, 1.82) is 0 Å². The Morgan fingerprint density at radius 1 is 1.19 bits per heavy atom. The van der Waals surface area contributed by atoms with E-state index >= 15 is 0 Å². The van der Waals surface area contributed by atoms with E-state index in [1.807, 2.05) is 5.32 Å². The highest BCUT2D eigenvalue weighted by molar-refractivity contribution is 5.92. The lowest BCUT2D eigenvalue weighted by Crippen LogP contribution is -2.39. The van der Waals surface area contributed by atoms with Crippen molar-refractivity contribution in [2.45, 2.75) is 6.42 Å². The van der Waals surface area contributed by atoms with Crippen molar-refractivity contribution in [3.63, 3.8) is 0 Å². The van der Waals surface area contributed by atoms with E-state index in [9.17, 15) is 14.4 Å². The van der Waals surface area contributed by atoms with Gasteiger partial charge in [-0.3, -0.25) is 19.8 Å². The van der Waals surface area contributed by atoms with Crippen LogP contribution < -0.4 is 5.32 Å². The van der Waals surface area contributed by atoms with E-state index in [2.05, 4.69) is 9.47 Å².